The predicted octanol–water partition coefficient (Wildman–Crippen LogP) is 3.42. The highest BCUT2D eigenvalue weighted by Crippen LogP contribution is 2.29. The van der Waals surface area contributed by atoms with Crippen LogP contribution in [0.15, 0.2) is 34.8 Å². The van der Waals surface area contributed by atoms with Crippen molar-refractivity contribution in [1.82, 2.24) is 0 Å². The van der Waals surface area contributed by atoms with E-state index in [9.17, 15) is 0 Å². The third-order valence-corrected chi connectivity index (χ3v) is 2.89. The van der Waals surface area contributed by atoms with E-state index < -0.39 is 0 Å². The van der Waals surface area contributed by atoms with Crippen LogP contribution in [-0.2, 0) is 0 Å². The van der Waals surface area contributed by atoms with Gasteiger partial charge in [0, 0.05) is 10.5 Å². The van der Waals surface area contributed by atoms with E-state index in [-0.39, 0.29) is 6.04 Å². The Morgan fingerprint density at radius 3 is 2.80 bits per heavy atom. The van der Waals surface area contributed by atoms with Crippen molar-refractivity contribution >= 4 is 15.9 Å². The number of ether oxygens (including phenoxy) is 1. The lowest BCUT2D eigenvalue weighted by molar-refractivity contribution is 0.413. The molecule has 3 heteroatoms. The van der Waals surface area contributed by atoms with Gasteiger partial charge in [0.15, 0.2) is 0 Å². The topological polar surface area (TPSA) is 35.2 Å². The van der Waals surface area contributed by atoms with Crippen LogP contribution in [0, 0.1) is 0 Å². The van der Waals surface area contributed by atoms with Crippen molar-refractivity contribution in [2.75, 3.05) is 7.11 Å². The molecule has 0 fully saturated rings. The fourth-order valence-corrected chi connectivity index (χ4v) is 1.96. The molecule has 0 unspecified atom stereocenters. The zero-order valence-electron chi connectivity index (χ0n) is 9.09. The lowest BCUT2D eigenvalue weighted by atomic mass is 10.0. The van der Waals surface area contributed by atoms with Crippen LogP contribution in [0.3, 0.4) is 0 Å². The van der Waals surface area contributed by atoms with Crippen LogP contribution in [0.1, 0.15) is 24.9 Å². The number of hydrogen-bond donors (Lipinski definition) is 1. The Balaban J connectivity index is 2.95. The first-order chi connectivity index (χ1) is 7.04. The summed E-state index contributed by atoms with van der Waals surface area (Å²) in [6, 6.07) is 5.78. The maximum absolute atomic E-state index is 6.07. The van der Waals surface area contributed by atoms with Crippen molar-refractivity contribution in [3.8, 4) is 5.75 Å². The molecule has 0 amide bonds. The molecule has 0 aliphatic rings. The molecular weight excluding hydrogens is 254 g/mol. The van der Waals surface area contributed by atoms with E-state index in [4.69, 9.17) is 10.5 Å². The molecule has 0 aromatic heterocycles. The Kier molecular flexibility index (Phi) is 4.36. The van der Waals surface area contributed by atoms with Gasteiger partial charge in [0.05, 0.1) is 7.11 Å². The standard InChI is InChI=1S/C12H16BrNO/c1-8(2)6-12(14)10-7-9(15-3)4-5-11(10)13/h4-5,7,12H,1,6,14H2,2-3H3/t12-/m0/s1. The molecule has 1 rings (SSSR count). The van der Waals surface area contributed by atoms with Crippen molar-refractivity contribution in [2.24, 2.45) is 5.73 Å². The van der Waals surface area contributed by atoms with Crippen molar-refractivity contribution in [3.05, 3.63) is 40.4 Å². The molecule has 0 saturated heterocycles. The summed E-state index contributed by atoms with van der Waals surface area (Å²) in [6.07, 6.45) is 0.783. The molecule has 2 nitrogen and oxygen atoms in total. The number of halogens is 1. The second-order valence-corrected chi connectivity index (χ2v) is 4.51. The summed E-state index contributed by atoms with van der Waals surface area (Å²) in [5.74, 6) is 0.824. The first-order valence-corrected chi connectivity index (χ1v) is 5.57. The van der Waals surface area contributed by atoms with Crippen LogP contribution in [0.25, 0.3) is 0 Å². The van der Waals surface area contributed by atoms with Gasteiger partial charge in [0.25, 0.3) is 0 Å². The lowest BCUT2D eigenvalue weighted by Crippen LogP contribution is -2.11. The molecule has 0 aliphatic carbocycles. The molecule has 0 bridgehead atoms. The van der Waals surface area contributed by atoms with Gasteiger partial charge in [-0.2, -0.15) is 0 Å². The van der Waals surface area contributed by atoms with Gasteiger partial charge in [-0.15, -0.1) is 6.58 Å². The molecule has 1 atom stereocenters. The molecule has 0 spiro atoms. The van der Waals surface area contributed by atoms with E-state index in [1.165, 1.54) is 0 Å². The number of hydrogen-bond acceptors (Lipinski definition) is 2. The third-order valence-electron chi connectivity index (χ3n) is 2.17. The van der Waals surface area contributed by atoms with Gasteiger partial charge in [-0.1, -0.05) is 21.5 Å². The second-order valence-electron chi connectivity index (χ2n) is 3.66. The Labute approximate surface area is 99.3 Å². The van der Waals surface area contributed by atoms with Gasteiger partial charge in [-0.3, -0.25) is 0 Å². The molecule has 82 valence electrons. The molecule has 0 aliphatic heterocycles. The van der Waals surface area contributed by atoms with E-state index >= 15 is 0 Å². The molecule has 0 radical (unpaired) electrons. The smallest absolute Gasteiger partial charge is 0.119 e. The Hall–Kier alpha value is -0.800. The van der Waals surface area contributed by atoms with Gasteiger partial charge >= 0.3 is 0 Å². The van der Waals surface area contributed by atoms with E-state index in [2.05, 4.69) is 22.5 Å². The summed E-state index contributed by atoms with van der Waals surface area (Å²) in [4.78, 5) is 0. The molecule has 15 heavy (non-hydrogen) atoms. The summed E-state index contributed by atoms with van der Waals surface area (Å²) >= 11 is 3.48. The molecule has 0 heterocycles. The predicted molar refractivity (Wildman–Crippen MR) is 67.1 cm³/mol. The van der Waals surface area contributed by atoms with Gasteiger partial charge < -0.3 is 10.5 Å². The molecule has 1 aromatic carbocycles. The highest BCUT2D eigenvalue weighted by molar-refractivity contribution is 9.10. The lowest BCUT2D eigenvalue weighted by Gasteiger charge is -2.14. The minimum absolute atomic E-state index is 0.0352. The van der Waals surface area contributed by atoms with Gasteiger partial charge in [0.1, 0.15) is 5.75 Å². The van der Waals surface area contributed by atoms with Gasteiger partial charge in [-0.25, -0.2) is 0 Å². The largest absolute Gasteiger partial charge is 0.497 e. The van der Waals surface area contributed by atoms with Crippen molar-refractivity contribution in [1.29, 1.82) is 0 Å². The van der Waals surface area contributed by atoms with Crippen LogP contribution >= 0.6 is 15.9 Å². The average Bonchev–Trinajstić information content (AvgIpc) is 2.17. The fourth-order valence-electron chi connectivity index (χ4n) is 1.42. The highest BCUT2D eigenvalue weighted by atomic mass is 79.9. The number of nitrogens with two attached hydrogens (primary N) is 1. The minimum atomic E-state index is -0.0352. The maximum atomic E-state index is 6.07. The second kappa shape index (κ2) is 5.33. The number of benzene rings is 1. The quantitative estimate of drug-likeness (QED) is 0.851. The summed E-state index contributed by atoms with van der Waals surface area (Å²) in [7, 11) is 1.65. The SMILES string of the molecule is C=C(C)C[C@H](N)c1cc(OC)ccc1Br. The maximum Gasteiger partial charge on any atom is 0.119 e. The zero-order chi connectivity index (χ0) is 11.4. The van der Waals surface area contributed by atoms with Crippen LogP contribution in [0.2, 0.25) is 0 Å². The first-order valence-electron chi connectivity index (χ1n) is 4.78. The zero-order valence-corrected chi connectivity index (χ0v) is 10.7. The van der Waals surface area contributed by atoms with Gasteiger partial charge in [-0.05, 0) is 37.1 Å². The summed E-state index contributed by atoms with van der Waals surface area (Å²) in [6.45, 7) is 5.85. The first kappa shape index (κ1) is 12.3. The summed E-state index contributed by atoms with van der Waals surface area (Å²) in [5, 5.41) is 0. The Bertz CT molecular complexity index is 363. The van der Waals surface area contributed by atoms with Crippen molar-refractivity contribution < 1.29 is 4.74 Å². The number of rotatable bonds is 4. The Morgan fingerprint density at radius 1 is 1.60 bits per heavy atom. The van der Waals surface area contributed by atoms with Crippen LogP contribution in [0.4, 0.5) is 0 Å². The van der Waals surface area contributed by atoms with Crippen molar-refractivity contribution in [2.45, 2.75) is 19.4 Å². The third kappa shape index (κ3) is 3.36. The highest BCUT2D eigenvalue weighted by Gasteiger charge is 2.11. The average molecular weight is 270 g/mol. The normalized spacial score (nSPS) is 12.3. The molecular formula is C12H16BrNO. The van der Waals surface area contributed by atoms with E-state index in [1.54, 1.807) is 7.11 Å². The summed E-state index contributed by atoms with van der Waals surface area (Å²) < 4.78 is 6.18. The fraction of sp³-hybridized carbons (Fsp3) is 0.333. The van der Waals surface area contributed by atoms with Crippen LogP contribution < -0.4 is 10.5 Å². The molecule has 1 aromatic rings. The number of methoxy groups -OCH3 is 1. The van der Waals surface area contributed by atoms with Crippen molar-refractivity contribution in [3.63, 3.8) is 0 Å². The van der Waals surface area contributed by atoms with E-state index in [0.717, 1.165) is 27.8 Å². The summed E-state index contributed by atoms with van der Waals surface area (Å²) in [5.41, 5.74) is 8.21. The van der Waals surface area contributed by atoms with Crippen LogP contribution in [-0.4, -0.2) is 7.11 Å². The van der Waals surface area contributed by atoms with E-state index in [1.807, 2.05) is 25.1 Å². The minimum Gasteiger partial charge on any atom is -0.497 e. The Morgan fingerprint density at radius 2 is 2.27 bits per heavy atom. The van der Waals surface area contributed by atoms with Gasteiger partial charge in [0.2, 0.25) is 0 Å². The monoisotopic (exact) mass is 269 g/mol. The van der Waals surface area contributed by atoms with E-state index in [0.29, 0.717) is 0 Å². The molecule has 2 N–H and O–H groups in total. The molecule has 0 saturated carbocycles. The van der Waals surface area contributed by atoms with Crippen LogP contribution in [0.5, 0.6) is 5.75 Å².